The fraction of sp³-hybridized carbons (Fsp3) is 0.857. The van der Waals surface area contributed by atoms with Gasteiger partial charge in [-0.15, -0.1) is 0 Å². The molecule has 0 aromatic carbocycles. The Morgan fingerprint density at radius 1 is 1.70 bits per heavy atom. The van der Waals surface area contributed by atoms with E-state index in [1.165, 1.54) is 0 Å². The molecule has 0 spiro atoms. The van der Waals surface area contributed by atoms with Crippen molar-refractivity contribution in [3.63, 3.8) is 0 Å². The van der Waals surface area contributed by atoms with Gasteiger partial charge in [0.25, 0.3) is 0 Å². The van der Waals surface area contributed by atoms with E-state index >= 15 is 0 Å². The molecule has 0 aliphatic carbocycles. The summed E-state index contributed by atoms with van der Waals surface area (Å²) < 4.78 is 0. The number of amides is 1. The zero-order valence-corrected chi connectivity index (χ0v) is 7.24. The molecule has 1 amide bonds. The Labute approximate surface area is 66.9 Å². The van der Waals surface area contributed by atoms with Gasteiger partial charge >= 0.3 is 5.37 Å². The summed E-state index contributed by atoms with van der Waals surface area (Å²) in [5, 5.41) is 2.15. The normalized spacial score (nSPS) is 12.7. The van der Waals surface area contributed by atoms with Crippen LogP contribution in [0.4, 0.5) is 4.79 Å². The fourth-order valence-corrected chi connectivity index (χ4v) is 0.962. The van der Waals surface area contributed by atoms with Crippen LogP contribution < -0.4 is 5.32 Å². The first-order valence-electron chi connectivity index (χ1n) is 3.62. The first kappa shape index (κ1) is 9.76. The minimum atomic E-state index is -0.455. The summed E-state index contributed by atoms with van der Waals surface area (Å²) in [7, 11) is 0. The van der Waals surface area contributed by atoms with Crippen molar-refractivity contribution in [3.05, 3.63) is 0 Å². The van der Waals surface area contributed by atoms with Crippen molar-refractivity contribution in [2.24, 2.45) is 0 Å². The molecule has 60 valence electrons. The molecule has 2 nitrogen and oxygen atoms in total. The molecule has 0 aliphatic rings. The summed E-state index contributed by atoms with van der Waals surface area (Å²) in [4.78, 5) is 10.3. The van der Waals surface area contributed by atoms with E-state index in [2.05, 4.69) is 12.2 Å². The Bertz CT molecular complexity index is 106. The molecule has 0 saturated heterocycles. The van der Waals surface area contributed by atoms with Gasteiger partial charge in [-0.05, 0) is 24.9 Å². The topological polar surface area (TPSA) is 29.1 Å². The number of carbonyl (C=O) groups excluding carboxylic acids is 1. The summed E-state index contributed by atoms with van der Waals surface area (Å²) in [6, 6.07) is 0.213. The maximum Gasteiger partial charge on any atom is 0.313 e. The molecule has 0 fully saturated rings. The number of unbranched alkanes of at least 4 members (excludes halogenated alkanes) is 1. The van der Waals surface area contributed by atoms with Gasteiger partial charge in [0.05, 0.1) is 0 Å². The number of carbonyl (C=O) groups is 1. The van der Waals surface area contributed by atoms with Gasteiger partial charge in [0.15, 0.2) is 0 Å². The second kappa shape index (κ2) is 5.54. The van der Waals surface area contributed by atoms with E-state index in [0.717, 1.165) is 19.3 Å². The largest absolute Gasteiger partial charge is 0.340 e. The van der Waals surface area contributed by atoms with Crippen LogP contribution in [-0.4, -0.2) is 11.4 Å². The molecule has 1 N–H and O–H groups in total. The molecule has 0 rings (SSSR count). The van der Waals surface area contributed by atoms with Crippen LogP contribution >= 0.6 is 11.6 Å². The molecule has 0 aliphatic heterocycles. The SMILES string of the molecule is CCCCC(C)NC(=O)Cl. The molecule has 0 aromatic heterocycles. The highest BCUT2D eigenvalue weighted by Gasteiger charge is 2.01. The van der Waals surface area contributed by atoms with Crippen LogP contribution in [0.25, 0.3) is 0 Å². The third-order valence-electron chi connectivity index (χ3n) is 1.35. The van der Waals surface area contributed by atoms with Crippen molar-refractivity contribution in [1.82, 2.24) is 5.32 Å². The van der Waals surface area contributed by atoms with Crippen LogP contribution in [0.5, 0.6) is 0 Å². The summed E-state index contributed by atoms with van der Waals surface area (Å²) >= 11 is 5.10. The molecule has 0 saturated carbocycles. The number of rotatable bonds is 4. The Balaban J connectivity index is 3.25. The lowest BCUT2D eigenvalue weighted by molar-refractivity contribution is 0.256. The molecule has 0 aromatic rings. The molecule has 0 heterocycles. The summed E-state index contributed by atoms with van der Waals surface area (Å²) in [5.41, 5.74) is 0. The van der Waals surface area contributed by atoms with E-state index in [4.69, 9.17) is 11.6 Å². The lowest BCUT2D eigenvalue weighted by atomic mass is 10.1. The number of halogens is 1. The van der Waals surface area contributed by atoms with Crippen molar-refractivity contribution < 1.29 is 4.79 Å². The standard InChI is InChI=1S/C7H14ClNO/c1-3-4-5-6(2)9-7(8)10/h6H,3-5H2,1-2H3,(H,9,10). The van der Waals surface area contributed by atoms with E-state index in [-0.39, 0.29) is 6.04 Å². The van der Waals surface area contributed by atoms with Crippen molar-refractivity contribution >= 4 is 17.0 Å². The molecule has 0 radical (unpaired) electrons. The van der Waals surface area contributed by atoms with Crippen molar-refractivity contribution in [2.45, 2.75) is 39.2 Å². The average Bonchev–Trinajstić information content (AvgIpc) is 1.82. The van der Waals surface area contributed by atoms with Crippen molar-refractivity contribution in [2.75, 3.05) is 0 Å². The second-order valence-corrected chi connectivity index (χ2v) is 2.80. The Morgan fingerprint density at radius 2 is 2.30 bits per heavy atom. The van der Waals surface area contributed by atoms with E-state index in [9.17, 15) is 4.79 Å². The van der Waals surface area contributed by atoms with Crippen LogP contribution in [-0.2, 0) is 0 Å². The predicted molar refractivity (Wildman–Crippen MR) is 43.4 cm³/mol. The van der Waals surface area contributed by atoms with E-state index in [1.54, 1.807) is 0 Å². The molecular formula is C7H14ClNO. The van der Waals surface area contributed by atoms with Gasteiger partial charge in [-0.2, -0.15) is 0 Å². The number of nitrogens with one attached hydrogen (secondary N) is 1. The quantitative estimate of drug-likeness (QED) is 0.501. The van der Waals surface area contributed by atoms with E-state index in [1.807, 2.05) is 6.92 Å². The van der Waals surface area contributed by atoms with Crippen molar-refractivity contribution in [1.29, 1.82) is 0 Å². The second-order valence-electron chi connectivity index (χ2n) is 2.46. The maximum absolute atomic E-state index is 10.3. The minimum Gasteiger partial charge on any atom is -0.340 e. The highest BCUT2D eigenvalue weighted by Crippen LogP contribution is 1.99. The highest BCUT2D eigenvalue weighted by molar-refractivity contribution is 6.62. The molecule has 1 atom stereocenters. The van der Waals surface area contributed by atoms with Gasteiger partial charge in [-0.25, -0.2) is 0 Å². The van der Waals surface area contributed by atoms with Gasteiger partial charge in [0.1, 0.15) is 0 Å². The smallest absolute Gasteiger partial charge is 0.313 e. The Morgan fingerprint density at radius 3 is 2.70 bits per heavy atom. The van der Waals surface area contributed by atoms with Crippen LogP contribution in [0.15, 0.2) is 0 Å². The van der Waals surface area contributed by atoms with Crippen LogP contribution in [0.3, 0.4) is 0 Å². The zero-order valence-electron chi connectivity index (χ0n) is 6.48. The monoisotopic (exact) mass is 163 g/mol. The summed E-state index contributed by atoms with van der Waals surface area (Å²) in [5.74, 6) is 0. The summed E-state index contributed by atoms with van der Waals surface area (Å²) in [6.45, 7) is 4.07. The molecule has 10 heavy (non-hydrogen) atoms. The summed E-state index contributed by atoms with van der Waals surface area (Å²) in [6.07, 6.45) is 3.30. The first-order chi connectivity index (χ1) is 4.66. The van der Waals surface area contributed by atoms with Crippen LogP contribution in [0.2, 0.25) is 0 Å². The fourth-order valence-electron chi connectivity index (χ4n) is 0.776. The highest BCUT2D eigenvalue weighted by atomic mass is 35.5. The zero-order chi connectivity index (χ0) is 7.98. The molecule has 1 unspecified atom stereocenters. The molecule has 0 bridgehead atoms. The number of hydrogen-bond donors (Lipinski definition) is 1. The first-order valence-corrected chi connectivity index (χ1v) is 4.00. The van der Waals surface area contributed by atoms with E-state index in [0.29, 0.717) is 0 Å². The van der Waals surface area contributed by atoms with Crippen LogP contribution in [0.1, 0.15) is 33.1 Å². The maximum atomic E-state index is 10.3. The third-order valence-corrected chi connectivity index (χ3v) is 1.46. The lowest BCUT2D eigenvalue weighted by Crippen LogP contribution is -2.27. The number of hydrogen-bond acceptors (Lipinski definition) is 1. The predicted octanol–water partition coefficient (Wildman–Crippen LogP) is 2.51. The van der Waals surface area contributed by atoms with Gasteiger partial charge in [-0.1, -0.05) is 19.8 Å². The van der Waals surface area contributed by atoms with Gasteiger partial charge in [-0.3, -0.25) is 4.79 Å². The minimum absolute atomic E-state index is 0.213. The average molecular weight is 164 g/mol. The molecular weight excluding hydrogens is 150 g/mol. The third kappa shape index (κ3) is 5.89. The van der Waals surface area contributed by atoms with Gasteiger partial charge < -0.3 is 5.32 Å². The van der Waals surface area contributed by atoms with Crippen LogP contribution in [0, 0.1) is 0 Å². The van der Waals surface area contributed by atoms with Crippen molar-refractivity contribution in [3.8, 4) is 0 Å². The molecule has 3 heteroatoms. The lowest BCUT2D eigenvalue weighted by Gasteiger charge is -2.09. The van der Waals surface area contributed by atoms with E-state index < -0.39 is 5.37 Å². The van der Waals surface area contributed by atoms with Gasteiger partial charge in [0.2, 0.25) is 0 Å². The Hall–Kier alpha value is -0.240. The van der Waals surface area contributed by atoms with Gasteiger partial charge in [0, 0.05) is 6.04 Å². The Kier molecular flexibility index (Phi) is 5.40.